The SMILES string of the molecule is CC(C)c1csc(CN2CCC[C@@H](CCC(=O)NCc3ccc(F)c(F)c3)C2)n1. The zero-order chi connectivity index (χ0) is 20.8. The minimum atomic E-state index is -0.889. The molecule has 1 amide bonds. The van der Waals surface area contributed by atoms with E-state index in [0.29, 0.717) is 23.8 Å². The lowest BCUT2D eigenvalue weighted by molar-refractivity contribution is -0.121. The maximum absolute atomic E-state index is 13.2. The van der Waals surface area contributed by atoms with Crippen LogP contribution in [0.2, 0.25) is 0 Å². The van der Waals surface area contributed by atoms with Crippen molar-refractivity contribution in [3.05, 3.63) is 51.5 Å². The van der Waals surface area contributed by atoms with Crippen LogP contribution in [0.1, 0.15) is 61.7 Å². The first kappa shape index (κ1) is 21.8. The van der Waals surface area contributed by atoms with Gasteiger partial charge in [0.05, 0.1) is 12.2 Å². The Kier molecular flexibility index (Phi) is 7.72. The van der Waals surface area contributed by atoms with Gasteiger partial charge in [-0.05, 0) is 55.3 Å². The maximum Gasteiger partial charge on any atom is 0.220 e. The fraction of sp³-hybridized carbons (Fsp3) is 0.545. The smallest absolute Gasteiger partial charge is 0.220 e. The normalized spacial score (nSPS) is 17.6. The first-order valence-corrected chi connectivity index (χ1v) is 11.2. The van der Waals surface area contributed by atoms with Crippen molar-refractivity contribution in [1.29, 1.82) is 0 Å². The zero-order valence-corrected chi connectivity index (χ0v) is 17.9. The molecule has 1 atom stereocenters. The Morgan fingerprint density at radius 3 is 2.90 bits per heavy atom. The molecule has 7 heteroatoms. The van der Waals surface area contributed by atoms with Gasteiger partial charge in [-0.2, -0.15) is 0 Å². The van der Waals surface area contributed by atoms with Crippen LogP contribution in [-0.2, 0) is 17.9 Å². The number of thiazole rings is 1. The second-order valence-electron chi connectivity index (χ2n) is 8.13. The predicted octanol–water partition coefficient (Wildman–Crippen LogP) is 4.85. The van der Waals surface area contributed by atoms with Crippen LogP contribution in [0.15, 0.2) is 23.6 Å². The summed E-state index contributed by atoms with van der Waals surface area (Å²) in [5.74, 6) is -0.852. The molecule has 1 aliphatic rings. The Hall–Kier alpha value is -1.86. The molecule has 1 aromatic heterocycles. The average Bonchev–Trinajstić information content (AvgIpc) is 3.16. The van der Waals surface area contributed by atoms with Gasteiger partial charge in [-0.15, -0.1) is 11.3 Å². The van der Waals surface area contributed by atoms with Crippen LogP contribution in [0.5, 0.6) is 0 Å². The molecule has 3 rings (SSSR count). The molecule has 2 aromatic rings. The van der Waals surface area contributed by atoms with Gasteiger partial charge in [-0.1, -0.05) is 19.9 Å². The van der Waals surface area contributed by atoms with Crippen molar-refractivity contribution in [2.24, 2.45) is 5.92 Å². The molecule has 0 spiro atoms. The number of hydrogen-bond donors (Lipinski definition) is 1. The average molecular weight is 422 g/mol. The van der Waals surface area contributed by atoms with E-state index >= 15 is 0 Å². The Bertz CT molecular complexity index is 824. The Morgan fingerprint density at radius 1 is 1.34 bits per heavy atom. The number of amides is 1. The summed E-state index contributed by atoms with van der Waals surface area (Å²) in [5, 5.41) is 6.12. The minimum Gasteiger partial charge on any atom is -0.352 e. The van der Waals surface area contributed by atoms with E-state index in [9.17, 15) is 13.6 Å². The lowest BCUT2D eigenvalue weighted by Crippen LogP contribution is -2.35. The number of aromatic nitrogens is 1. The summed E-state index contributed by atoms with van der Waals surface area (Å²) in [6.07, 6.45) is 3.58. The van der Waals surface area contributed by atoms with Crippen molar-refractivity contribution in [1.82, 2.24) is 15.2 Å². The van der Waals surface area contributed by atoms with Gasteiger partial charge in [0.2, 0.25) is 5.91 Å². The van der Waals surface area contributed by atoms with Gasteiger partial charge in [-0.3, -0.25) is 9.69 Å². The number of nitrogens with zero attached hydrogens (tertiary/aromatic N) is 2. The highest BCUT2D eigenvalue weighted by atomic mass is 32.1. The van der Waals surface area contributed by atoms with E-state index in [1.165, 1.54) is 11.1 Å². The highest BCUT2D eigenvalue weighted by Crippen LogP contribution is 2.24. The van der Waals surface area contributed by atoms with Crippen LogP contribution in [0.25, 0.3) is 0 Å². The highest BCUT2D eigenvalue weighted by molar-refractivity contribution is 7.09. The van der Waals surface area contributed by atoms with Crippen molar-refractivity contribution in [3.63, 3.8) is 0 Å². The van der Waals surface area contributed by atoms with E-state index in [0.717, 1.165) is 56.7 Å². The van der Waals surface area contributed by atoms with E-state index in [2.05, 4.69) is 29.4 Å². The van der Waals surface area contributed by atoms with Crippen molar-refractivity contribution >= 4 is 17.2 Å². The molecule has 29 heavy (non-hydrogen) atoms. The summed E-state index contributed by atoms with van der Waals surface area (Å²) in [6.45, 7) is 7.49. The number of rotatable bonds is 8. The number of nitrogens with one attached hydrogen (secondary N) is 1. The fourth-order valence-electron chi connectivity index (χ4n) is 3.66. The second kappa shape index (κ2) is 10.3. The third-order valence-electron chi connectivity index (χ3n) is 5.38. The van der Waals surface area contributed by atoms with E-state index in [-0.39, 0.29) is 12.5 Å². The van der Waals surface area contributed by atoms with E-state index < -0.39 is 11.6 Å². The highest BCUT2D eigenvalue weighted by Gasteiger charge is 2.21. The van der Waals surface area contributed by atoms with Crippen LogP contribution in [0.3, 0.4) is 0 Å². The molecule has 0 bridgehead atoms. The van der Waals surface area contributed by atoms with Crippen molar-refractivity contribution in [2.75, 3.05) is 13.1 Å². The van der Waals surface area contributed by atoms with Crippen LogP contribution in [0.4, 0.5) is 8.78 Å². The summed E-state index contributed by atoms with van der Waals surface area (Å²) in [7, 11) is 0. The summed E-state index contributed by atoms with van der Waals surface area (Å²) in [5.41, 5.74) is 1.72. The monoisotopic (exact) mass is 421 g/mol. The molecule has 1 N–H and O–H groups in total. The zero-order valence-electron chi connectivity index (χ0n) is 17.1. The molecule has 0 radical (unpaired) electrons. The number of carbonyl (C=O) groups is 1. The number of likely N-dealkylation sites (tertiary alicyclic amines) is 1. The van der Waals surface area contributed by atoms with Gasteiger partial charge in [-0.25, -0.2) is 13.8 Å². The van der Waals surface area contributed by atoms with E-state index in [1.54, 1.807) is 11.3 Å². The van der Waals surface area contributed by atoms with Crippen molar-refractivity contribution in [3.8, 4) is 0 Å². The molecule has 0 saturated carbocycles. The van der Waals surface area contributed by atoms with Gasteiger partial charge in [0.15, 0.2) is 11.6 Å². The Labute approximate surface area is 175 Å². The standard InChI is InChI=1S/C22H29F2N3OS/c1-15(2)20-14-29-22(26-20)13-27-9-3-4-16(12-27)6-8-21(28)25-11-17-5-7-18(23)19(24)10-17/h5,7,10,14-16H,3-4,6,8-9,11-13H2,1-2H3,(H,25,28)/t16-/m0/s1. The largest absolute Gasteiger partial charge is 0.352 e. The third kappa shape index (κ3) is 6.57. The van der Waals surface area contributed by atoms with Crippen LogP contribution >= 0.6 is 11.3 Å². The Balaban J connectivity index is 1.40. The lowest BCUT2D eigenvalue weighted by Gasteiger charge is -2.32. The first-order valence-electron chi connectivity index (χ1n) is 10.3. The predicted molar refractivity (Wildman–Crippen MR) is 112 cm³/mol. The number of hydrogen-bond acceptors (Lipinski definition) is 4. The molecule has 0 unspecified atom stereocenters. The second-order valence-corrected chi connectivity index (χ2v) is 9.07. The Morgan fingerprint density at radius 2 is 2.17 bits per heavy atom. The molecule has 2 heterocycles. The number of benzene rings is 1. The van der Waals surface area contributed by atoms with Gasteiger partial charge >= 0.3 is 0 Å². The summed E-state index contributed by atoms with van der Waals surface area (Å²) >= 11 is 1.73. The molecule has 4 nitrogen and oxygen atoms in total. The van der Waals surface area contributed by atoms with Gasteiger partial charge in [0, 0.05) is 24.9 Å². The molecule has 1 saturated heterocycles. The summed E-state index contributed by atoms with van der Waals surface area (Å²) < 4.78 is 26.2. The molecule has 0 aliphatic carbocycles. The van der Waals surface area contributed by atoms with Crippen LogP contribution in [-0.4, -0.2) is 28.9 Å². The van der Waals surface area contributed by atoms with Crippen molar-refractivity contribution < 1.29 is 13.6 Å². The third-order valence-corrected chi connectivity index (χ3v) is 6.23. The molecule has 1 aromatic carbocycles. The van der Waals surface area contributed by atoms with Crippen LogP contribution < -0.4 is 5.32 Å². The van der Waals surface area contributed by atoms with Gasteiger partial charge in [0.1, 0.15) is 5.01 Å². The number of piperidine rings is 1. The molecule has 1 aliphatic heterocycles. The maximum atomic E-state index is 13.2. The summed E-state index contributed by atoms with van der Waals surface area (Å²) in [6, 6.07) is 3.69. The minimum absolute atomic E-state index is 0.0478. The van der Waals surface area contributed by atoms with E-state index in [1.807, 2.05) is 0 Å². The first-order chi connectivity index (χ1) is 13.9. The lowest BCUT2D eigenvalue weighted by atomic mass is 9.93. The summed E-state index contributed by atoms with van der Waals surface area (Å²) in [4.78, 5) is 19.3. The number of halogens is 2. The van der Waals surface area contributed by atoms with Crippen molar-refractivity contribution in [2.45, 2.75) is 58.5 Å². The molecular weight excluding hydrogens is 392 g/mol. The molecule has 1 fully saturated rings. The topological polar surface area (TPSA) is 45.2 Å². The van der Waals surface area contributed by atoms with Gasteiger partial charge < -0.3 is 5.32 Å². The number of carbonyl (C=O) groups excluding carboxylic acids is 1. The van der Waals surface area contributed by atoms with Crippen LogP contribution in [0, 0.1) is 17.6 Å². The quantitative estimate of drug-likeness (QED) is 0.663. The molecule has 158 valence electrons. The molecular formula is C22H29F2N3OS. The fourth-order valence-corrected chi connectivity index (χ4v) is 4.66. The van der Waals surface area contributed by atoms with Gasteiger partial charge in [0.25, 0.3) is 0 Å². The van der Waals surface area contributed by atoms with E-state index in [4.69, 9.17) is 4.98 Å².